The number of carbonyl (C=O) groups is 2. The fraction of sp³-hybridized carbons (Fsp3) is 0.208. The first kappa shape index (κ1) is 23.7. The normalized spacial score (nSPS) is 13.7. The van der Waals surface area contributed by atoms with Crippen LogP contribution in [0.15, 0.2) is 65.8 Å². The Labute approximate surface area is 202 Å². The molecule has 2 aromatic carbocycles. The highest BCUT2D eigenvalue weighted by Gasteiger charge is 2.45. The number of halogens is 1. The van der Waals surface area contributed by atoms with Crippen LogP contribution in [0.4, 0.5) is 11.4 Å². The van der Waals surface area contributed by atoms with Gasteiger partial charge in [-0.05, 0) is 45.0 Å². The van der Waals surface area contributed by atoms with Gasteiger partial charge in [0.15, 0.2) is 0 Å². The van der Waals surface area contributed by atoms with E-state index in [1.165, 1.54) is 49.8 Å². The molecule has 0 aliphatic carbocycles. The van der Waals surface area contributed by atoms with Gasteiger partial charge in [-0.2, -0.15) is 0 Å². The van der Waals surface area contributed by atoms with Gasteiger partial charge in [0.25, 0.3) is 21.8 Å². The molecule has 0 spiro atoms. The average Bonchev–Trinajstić information content (AvgIpc) is 3.06. The number of rotatable bonds is 5. The molecule has 1 aromatic heterocycles. The predicted molar refractivity (Wildman–Crippen MR) is 129 cm³/mol. The second kappa shape index (κ2) is 8.41. The molecule has 0 saturated carbocycles. The molecular formula is C24H22ClN3O5S. The fourth-order valence-corrected chi connectivity index (χ4v) is 5.98. The minimum Gasteiger partial charge on any atom is -0.495 e. The van der Waals surface area contributed by atoms with Gasteiger partial charge in [-0.1, -0.05) is 29.8 Å². The lowest BCUT2D eigenvalue weighted by Crippen LogP contribution is -2.46. The minimum atomic E-state index is -4.10. The molecule has 0 fully saturated rings. The van der Waals surface area contributed by atoms with Crippen molar-refractivity contribution in [2.75, 3.05) is 16.3 Å². The molecule has 1 aliphatic heterocycles. The van der Waals surface area contributed by atoms with Crippen molar-refractivity contribution in [2.45, 2.75) is 31.2 Å². The Morgan fingerprint density at radius 3 is 2.24 bits per heavy atom. The summed E-state index contributed by atoms with van der Waals surface area (Å²) in [5.74, 6) is -1.03. The van der Waals surface area contributed by atoms with Gasteiger partial charge in [-0.3, -0.25) is 18.9 Å². The van der Waals surface area contributed by atoms with Crippen molar-refractivity contribution in [3.8, 4) is 5.75 Å². The second-order valence-corrected chi connectivity index (χ2v) is 10.8. The predicted octanol–water partition coefficient (Wildman–Crippen LogP) is 4.54. The fourth-order valence-electron chi connectivity index (χ4n) is 3.90. The van der Waals surface area contributed by atoms with Crippen LogP contribution in [0.2, 0.25) is 5.02 Å². The van der Waals surface area contributed by atoms with E-state index in [2.05, 4.69) is 4.98 Å². The Balaban J connectivity index is 1.95. The summed E-state index contributed by atoms with van der Waals surface area (Å²) in [5.41, 5.74) is -0.891. The number of amides is 2. The Kier molecular flexibility index (Phi) is 5.87. The molecule has 0 unspecified atom stereocenters. The summed E-state index contributed by atoms with van der Waals surface area (Å²) >= 11 is 6.36. The molecule has 0 radical (unpaired) electrons. The zero-order chi connectivity index (χ0) is 24.8. The van der Waals surface area contributed by atoms with Crippen molar-refractivity contribution in [1.29, 1.82) is 0 Å². The molecule has 8 nitrogen and oxygen atoms in total. The number of fused-ring (bicyclic) bond motifs is 1. The topological polar surface area (TPSA) is 96.9 Å². The number of methoxy groups -OCH3 is 1. The van der Waals surface area contributed by atoms with Gasteiger partial charge in [0, 0.05) is 11.6 Å². The van der Waals surface area contributed by atoms with Crippen LogP contribution >= 0.6 is 11.6 Å². The first-order chi connectivity index (χ1) is 16.0. The molecule has 0 saturated heterocycles. The number of anilines is 2. The van der Waals surface area contributed by atoms with Crippen LogP contribution in [-0.4, -0.2) is 37.9 Å². The summed E-state index contributed by atoms with van der Waals surface area (Å²) in [6.45, 7) is 5.12. The van der Waals surface area contributed by atoms with Crippen LogP contribution < -0.4 is 13.9 Å². The highest BCUT2D eigenvalue weighted by atomic mass is 35.5. The van der Waals surface area contributed by atoms with Crippen LogP contribution in [0, 0.1) is 0 Å². The van der Waals surface area contributed by atoms with E-state index in [9.17, 15) is 18.0 Å². The van der Waals surface area contributed by atoms with Gasteiger partial charge in [0.2, 0.25) is 0 Å². The number of hydrogen-bond donors (Lipinski definition) is 0. The van der Waals surface area contributed by atoms with Crippen molar-refractivity contribution >= 4 is 44.8 Å². The highest BCUT2D eigenvalue weighted by Crippen LogP contribution is 2.42. The smallest absolute Gasteiger partial charge is 0.268 e. The maximum atomic E-state index is 13.7. The Morgan fingerprint density at radius 1 is 0.971 bits per heavy atom. The van der Waals surface area contributed by atoms with E-state index < -0.39 is 27.4 Å². The van der Waals surface area contributed by atoms with Gasteiger partial charge in [-0.25, -0.2) is 13.3 Å². The Bertz CT molecular complexity index is 1400. The number of benzene rings is 2. The van der Waals surface area contributed by atoms with Gasteiger partial charge < -0.3 is 4.74 Å². The maximum Gasteiger partial charge on any atom is 0.268 e. The van der Waals surface area contributed by atoms with Crippen molar-refractivity contribution in [3.05, 3.63) is 77.1 Å². The molecule has 0 bridgehead atoms. The van der Waals surface area contributed by atoms with Gasteiger partial charge in [-0.15, -0.1) is 0 Å². The average molecular weight is 500 g/mol. The number of nitrogens with zero attached hydrogens (tertiary/aromatic N) is 3. The van der Waals surface area contributed by atoms with E-state index in [-0.39, 0.29) is 32.4 Å². The quantitative estimate of drug-likeness (QED) is 0.478. The lowest BCUT2D eigenvalue weighted by Gasteiger charge is -2.37. The van der Waals surface area contributed by atoms with E-state index in [1.54, 1.807) is 39.0 Å². The molecule has 0 N–H and O–H groups in total. The molecule has 176 valence electrons. The molecule has 3 aromatic rings. The van der Waals surface area contributed by atoms with Crippen LogP contribution in [0.25, 0.3) is 0 Å². The largest absolute Gasteiger partial charge is 0.495 e. The minimum absolute atomic E-state index is 0.0430. The third-order valence-corrected chi connectivity index (χ3v) is 7.68. The van der Waals surface area contributed by atoms with E-state index in [0.29, 0.717) is 5.75 Å². The molecular weight excluding hydrogens is 478 g/mol. The summed E-state index contributed by atoms with van der Waals surface area (Å²) in [5, 5.41) is 0.0430. The summed E-state index contributed by atoms with van der Waals surface area (Å²) < 4.78 is 33.8. The standard InChI is InChI=1S/C24H22ClN3O5S/c1-24(2,3)28(34(31,32)17-8-6-5-7-9-17)19-11-10-18(25)20-21(19)23(30)27(22(20)29)15-12-16(33-4)14-26-13-15/h5-14H,1-4H3. The number of sulfonamides is 1. The molecule has 34 heavy (non-hydrogen) atoms. The number of pyridine rings is 1. The number of ether oxygens (including phenoxy) is 1. The molecule has 2 heterocycles. The van der Waals surface area contributed by atoms with Crippen molar-refractivity contribution in [3.63, 3.8) is 0 Å². The van der Waals surface area contributed by atoms with E-state index in [1.807, 2.05) is 0 Å². The zero-order valence-corrected chi connectivity index (χ0v) is 20.5. The second-order valence-electron chi connectivity index (χ2n) is 8.60. The highest BCUT2D eigenvalue weighted by molar-refractivity contribution is 7.93. The maximum absolute atomic E-state index is 13.7. The van der Waals surface area contributed by atoms with Gasteiger partial charge >= 0.3 is 0 Å². The lowest BCUT2D eigenvalue weighted by molar-refractivity contribution is 0.0926. The molecule has 10 heteroatoms. The summed E-state index contributed by atoms with van der Waals surface area (Å²) in [4.78, 5) is 32.0. The van der Waals surface area contributed by atoms with Gasteiger partial charge in [0.05, 0.1) is 51.9 Å². The number of carbonyl (C=O) groups excluding carboxylic acids is 2. The van der Waals surface area contributed by atoms with Crippen molar-refractivity contribution < 1.29 is 22.7 Å². The summed E-state index contributed by atoms with van der Waals surface area (Å²) in [6.07, 6.45) is 2.79. The third kappa shape index (κ3) is 3.80. The Hall–Kier alpha value is -3.43. The van der Waals surface area contributed by atoms with Crippen molar-refractivity contribution in [1.82, 2.24) is 4.98 Å². The molecule has 4 rings (SSSR count). The molecule has 1 aliphatic rings. The monoisotopic (exact) mass is 499 g/mol. The number of aromatic nitrogens is 1. The first-order valence-electron chi connectivity index (χ1n) is 10.3. The first-order valence-corrected chi connectivity index (χ1v) is 12.1. The van der Waals surface area contributed by atoms with Crippen LogP contribution in [0.3, 0.4) is 0 Å². The summed E-state index contributed by atoms with van der Waals surface area (Å²) in [7, 11) is -2.67. The third-order valence-electron chi connectivity index (χ3n) is 5.27. The zero-order valence-electron chi connectivity index (χ0n) is 18.9. The summed E-state index contributed by atoms with van der Waals surface area (Å²) in [6, 6.07) is 12.3. The van der Waals surface area contributed by atoms with Crippen LogP contribution in [0.1, 0.15) is 41.5 Å². The van der Waals surface area contributed by atoms with E-state index in [4.69, 9.17) is 16.3 Å². The lowest BCUT2D eigenvalue weighted by atomic mass is 10.0. The number of imide groups is 1. The van der Waals surface area contributed by atoms with Gasteiger partial charge in [0.1, 0.15) is 5.75 Å². The number of hydrogen-bond acceptors (Lipinski definition) is 6. The van der Waals surface area contributed by atoms with E-state index in [0.717, 1.165) is 9.21 Å². The molecule has 0 atom stereocenters. The van der Waals surface area contributed by atoms with Crippen LogP contribution in [-0.2, 0) is 10.0 Å². The molecule has 2 amide bonds. The van der Waals surface area contributed by atoms with Crippen LogP contribution in [0.5, 0.6) is 5.75 Å². The SMILES string of the molecule is COc1cncc(N2C(=O)c3c(Cl)ccc(N(C(C)(C)C)S(=O)(=O)c4ccccc4)c3C2=O)c1. The Morgan fingerprint density at radius 2 is 1.62 bits per heavy atom. The van der Waals surface area contributed by atoms with Crippen molar-refractivity contribution in [2.24, 2.45) is 0 Å². The van der Waals surface area contributed by atoms with E-state index >= 15 is 0 Å².